The van der Waals surface area contributed by atoms with Gasteiger partial charge in [0, 0.05) is 11.9 Å². The van der Waals surface area contributed by atoms with Crippen LogP contribution in [-0.2, 0) is 4.79 Å². The van der Waals surface area contributed by atoms with Crippen LogP contribution in [0.3, 0.4) is 0 Å². The third-order valence-electron chi connectivity index (χ3n) is 3.26. The Bertz CT molecular complexity index is 414. The van der Waals surface area contributed by atoms with Crippen LogP contribution in [0.5, 0.6) is 0 Å². The van der Waals surface area contributed by atoms with Gasteiger partial charge in [0.1, 0.15) is 5.54 Å². The van der Waals surface area contributed by atoms with Crippen LogP contribution in [-0.4, -0.2) is 26.6 Å². The van der Waals surface area contributed by atoms with E-state index in [9.17, 15) is 9.90 Å². The Morgan fingerprint density at radius 3 is 2.71 bits per heavy atom. The summed E-state index contributed by atoms with van der Waals surface area (Å²) >= 11 is 0. The molecule has 0 unspecified atom stereocenters. The second-order valence-corrected chi connectivity index (χ2v) is 4.59. The highest BCUT2D eigenvalue weighted by Gasteiger charge is 2.40. The van der Waals surface area contributed by atoms with Crippen LogP contribution in [0.1, 0.15) is 37.8 Å². The molecule has 5 nitrogen and oxygen atoms in total. The van der Waals surface area contributed by atoms with Crippen molar-refractivity contribution in [2.75, 3.05) is 5.32 Å². The maximum atomic E-state index is 11.4. The molecule has 1 aromatic heterocycles. The number of rotatable bonds is 3. The fraction of sp³-hybridized carbons (Fsp3) is 0.583. The summed E-state index contributed by atoms with van der Waals surface area (Å²) in [4.78, 5) is 19.7. The molecule has 0 radical (unpaired) electrons. The molecule has 0 atom stereocenters. The van der Waals surface area contributed by atoms with E-state index < -0.39 is 11.5 Å². The fourth-order valence-electron chi connectivity index (χ4n) is 2.27. The standard InChI is InChI=1S/C12H17N3O2/c1-9-5-8-13-11(14-9)15-12(10(16)17)6-3-2-4-7-12/h5,8H,2-4,6-7H2,1H3,(H,16,17)(H,13,14,15). The molecule has 1 aromatic rings. The van der Waals surface area contributed by atoms with Gasteiger partial charge in [-0.2, -0.15) is 0 Å². The van der Waals surface area contributed by atoms with Crippen molar-refractivity contribution < 1.29 is 9.90 Å². The summed E-state index contributed by atoms with van der Waals surface area (Å²) in [6.45, 7) is 1.86. The van der Waals surface area contributed by atoms with E-state index in [2.05, 4.69) is 15.3 Å². The van der Waals surface area contributed by atoms with E-state index in [0.717, 1.165) is 25.0 Å². The van der Waals surface area contributed by atoms with Gasteiger partial charge in [0.25, 0.3) is 0 Å². The molecule has 0 spiro atoms. The van der Waals surface area contributed by atoms with E-state index >= 15 is 0 Å². The quantitative estimate of drug-likeness (QED) is 0.838. The monoisotopic (exact) mass is 235 g/mol. The summed E-state index contributed by atoms with van der Waals surface area (Å²) in [6, 6.07) is 1.79. The molecule has 0 saturated heterocycles. The molecular weight excluding hydrogens is 218 g/mol. The number of carboxylic acids is 1. The van der Waals surface area contributed by atoms with Crippen LogP contribution in [0.25, 0.3) is 0 Å². The van der Waals surface area contributed by atoms with Crippen molar-refractivity contribution in [3.63, 3.8) is 0 Å². The number of carbonyl (C=O) groups is 1. The minimum atomic E-state index is -0.883. The first kappa shape index (κ1) is 11.8. The van der Waals surface area contributed by atoms with E-state index in [0.29, 0.717) is 18.8 Å². The Balaban J connectivity index is 2.20. The van der Waals surface area contributed by atoms with Gasteiger partial charge in [-0.25, -0.2) is 14.8 Å². The van der Waals surface area contributed by atoms with Gasteiger partial charge in [-0.05, 0) is 25.8 Å². The fourth-order valence-corrected chi connectivity index (χ4v) is 2.27. The number of carboxylic acid groups (broad SMARTS) is 1. The number of aryl methyl sites for hydroxylation is 1. The van der Waals surface area contributed by atoms with Crippen molar-refractivity contribution >= 4 is 11.9 Å². The van der Waals surface area contributed by atoms with E-state index in [4.69, 9.17) is 0 Å². The van der Waals surface area contributed by atoms with Crippen molar-refractivity contribution in [1.29, 1.82) is 0 Å². The van der Waals surface area contributed by atoms with E-state index in [1.807, 2.05) is 6.92 Å². The molecule has 92 valence electrons. The Morgan fingerprint density at radius 2 is 2.12 bits per heavy atom. The van der Waals surface area contributed by atoms with Gasteiger partial charge in [0.05, 0.1) is 0 Å². The Hall–Kier alpha value is -1.65. The van der Waals surface area contributed by atoms with Gasteiger partial charge in [0.2, 0.25) is 5.95 Å². The maximum Gasteiger partial charge on any atom is 0.329 e. The van der Waals surface area contributed by atoms with Crippen molar-refractivity contribution in [3.05, 3.63) is 18.0 Å². The molecule has 1 saturated carbocycles. The average Bonchev–Trinajstić information content (AvgIpc) is 2.30. The number of nitrogens with zero attached hydrogens (tertiary/aromatic N) is 2. The summed E-state index contributed by atoms with van der Waals surface area (Å²) in [5.74, 6) is -0.392. The zero-order valence-corrected chi connectivity index (χ0v) is 9.94. The minimum Gasteiger partial charge on any atom is -0.480 e. The molecule has 5 heteroatoms. The van der Waals surface area contributed by atoms with Crippen molar-refractivity contribution in [2.45, 2.75) is 44.6 Å². The topological polar surface area (TPSA) is 75.1 Å². The smallest absolute Gasteiger partial charge is 0.329 e. The van der Waals surface area contributed by atoms with Gasteiger partial charge in [-0.15, -0.1) is 0 Å². The molecule has 2 rings (SSSR count). The summed E-state index contributed by atoms with van der Waals surface area (Å²) in [5.41, 5.74) is -0.0506. The predicted octanol–water partition coefficient (Wildman–Crippen LogP) is 1.98. The molecule has 0 aromatic carbocycles. The zero-order valence-electron chi connectivity index (χ0n) is 9.94. The number of anilines is 1. The average molecular weight is 235 g/mol. The number of aliphatic carboxylic acids is 1. The highest BCUT2D eigenvalue weighted by atomic mass is 16.4. The first-order valence-electron chi connectivity index (χ1n) is 5.94. The minimum absolute atomic E-state index is 0.411. The lowest BCUT2D eigenvalue weighted by Gasteiger charge is -2.33. The van der Waals surface area contributed by atoms with Crippen LogP contribution in [0.2, 0.25) is 0 Å². The molecular formula is C12H17N3O2. The number of hydrogen-bond donors (Lipinski definition) is 2. The Labute approximate surface area is 100 Å². The molecule has 0 bridgehead atoms. The van der Waals surface area contributed by atoms with Gasteiger partial charge in [-0.3, -0.25) is 0 Å². The second-order valence-electron chi connectivity index (χ2n) is 4.59. The van der Waals surface area contributed by atoms with Crippen molar-refractivity contribution in [3.8, 4) is 0 Å². The summed E-state index contributed by atoms with van der Waals surface area (Å²) in [5, 5.41) is 12.4. The molecule has 0 aliphatic heterocycles. The molecule has 1 aliphatic carbocycles. The predicted molar refractivity (Wildman–Crippen MR) is 63.8 cm³/mol. The second kappa shape index (κ2) is 4.69. The number of aromatic nitrogens is 2. The highest BCUT2D eigenvalue weighted by molar-refractivity contribution is 5.82. The van der Waals surface area contributed by atoms with E-state index in [1.165, 1.54) is 0 Å². The van der Waals surface area contributed by atoms with Crippen LogP contribution >= 0.6 is 0 Å². The Kier molecular flexibility index (Phi) is 3.26. The lowest BCUT2D eigenvalue weighted by Crippen LogP contribution is -2.48. The first-order valence-corrected chi connectivity index (χ1v) is 5.94. The highest BCUT2D eigenvalue weighted by Crippen LogP contribution is 2.31. The molecule has 0 amide bonds. The van der Waals surface area contributed by atoms with Crippen LogP contribution in [0, 0.1) is 6.92 Å². The summed E-state index contributed by atoms with van der Waals surface area (Å²) in [6.07, 6.45) is 5.89. The van der Waals surface area contributed by atoms with Crippen LogP contribution in [0.4, 0.5) is 5.95 Å². The van der Waals surface area contributed by atoms with Gasteiger partial charge < -0.3 is 10.4 Å². The van der Waals surface area contributed by atoms with Gasteiger partial charge >= 0.3 is 5.97 Å². The van der Waals surface area contributed by atoms with Gasteiger partial charge in [-0.1, -0.05) is 19.3 Å². The third kappa shape index (κ3) is 2.54. The summed E-state index contributed by atoms with van der Waals surface area (Å²) < 4.78 is 0. The van der Waals surface area contributed by atoms with Crippen LogP contribution < -0.4 is 5.32 Å². The largest absolute Gasteiger partial charge is 0.480 e. The third-order valence-corrected chi connectivity index (χ3v) is 3.26. The van der Waals surface area contributed by atoms with Crippen molar-refractivity contribution in [2.24, 2.45) is 0 Å². The zero-order chi connectivity index (χ0) is 12.3. The number of nitrogens with one attached hydrogen (secondary N) is 1. The van der Waals surface area contributed by atoms with Crippen LogP contribution in [0.15, 0.2) is 12.3 Å². The summed E-state index contributed by atoms with van der Waals surface area (Å²) in [7, 11) is 0. The van der Waals surface area contributed by atoms with E-state index in [-0.39, 0.29) is 0 Å². The first-order chi connectivity index (χ1) is 8.12. The van der Waals surface area contributed by atoms with Crippen molar-refractivity contribution in [1.82, 2.24) is 9.97 Å². The molecule has 17 heavy (non-hydrogen) atoms. The lowest BCUT2D eigenvalue weighted by molar-refractivity contribution is -0.143. The number of hydrogen-bond acceptors (Lipinski definition) is 4. The van der Waals surface area contributed by atoms with Gasteiger partial charge in [0.15, 0.2) is 0 Å². The molecule has 2 N–H and O–H groups in total. The Morgan fingerprint density at radius 1 is 1.41 bits per heavy atom. The lowest BCUT2D eigenvalue weighted by atomic mass is 9.82. The normalized spacial score (nSPS) is 18.6. The molecule has 1 fully saturated rings. The SMILES string of the molecule is Cc1ccnc(NC2(C(=O)O)CCCCC2)n1. The molecule has 1 aliphatic rings. The molecule has 1 heterocycles. The van der Waals surface area contributed by atoms with E-state index in [1.54, 1.807) is 12.3 Å². The maximum absolute atomic E-state index is 11.4.